The summed E-state index contributed by atoms with van der Waals surface area (Å²) in [6, 6.07) is 9.63. The Bertz CT molecular complexity index is 384. The van der Waals surface area contributed by atoms with Crippen molar-refractivity contribution in [2.24, 2.45) is 5.73 Å². The third-order valence-electron chi connectivity index (χ3n) is 3.20. The largest absolute Gasteiger partial charge is 0.382 e. The van der Waals surface area contributed by atoms with Gasteiger partial charge in [0, 0.05) is 26.8 Å². The predicted octanol–water partition coefficient (Wildman–Crippen LogP) is 1.29. The number of amides is 1. The molecular weight excluding hydrogens is 268 g/mol. The number of nitrogens with one attached hydrogen (secondary N) is 1. The van der Waals surface area contributed by atoms with Crippen molar-refractivity contribution in [1.82, 2.24) is 5.32 Å². The summed E-state index contributed by atoms with van der Waals surface area (Å²) >= 11 is 0. The van der Waals surface area contributed by atoms with Gasteiger partial charge in [0.25, 0.3) is 0 Å². The highest BCUT2D eigenvalue weighted by atomic mass is 16.5. The maximum Gasteiger partial charge on any atom is 0.228 e. The summed E-state index contributed by atoms with van der Waals surface area (Å²) in [4.78, 5) is 12.1. The van der Waals surface area contributed by atoms with E-state index in [1.54, 1.807) is 7.11 Å². The van der Waals surface area contributed by atoms with Crippen LogP contribution in [0.1, 0.15) is 24.3 Å². The normalized spacial score (nSPS) is 12.1. The molecule has 1 aromatic rings. The second kappa shape index (κ2) is 11.3. The molecule has 0 spiro atoms. The molecule has 0 radical (unpaired) electrons. The monoisotopic (exact) mass is 294 g/mol. The Morgan fingerprint density at radius 3 is 2.62 bits per heavy atom. The summed E-state index contributed by atoms with van der Waals surface area (Å²) in [6.45, 7) is 2.89. The smallest absolute Gasteiger partial charge is 0.228 e. The van der Waals surface area contributed by atoms with E-state index in [9.17, 15) is 4.79 Å². The number of ether oxygens (including phenoxy) is 2. The summed E-state index contributed by atoms with van der Waals surface area (Å²) in [5.41, 5.74) is 6.67. The lowest BCUT2D eigenvalue weighted by molar-refractivity contribution is -0.122. The number of benzene rings is 1. The van der Waals surface area contributed by atoms with E-state index in [0.717, 1.165) is 18.4 Å². The van der Waals surface area contributed by atoms with Gasteiger partial charge in [0.2, 0.25) is 5.91 Å². The number of unbranched alkanes of at least 4 members (excludes halogenated alkanes) is 1. The highest BCUT2D eigenvalue weighted by Gasteiger charge is 2.17. The average molecular weight is 294 g/mol. The molecule has 0 saturated heterocycles. The standard InChI is InChI=1S/C16H26N2O3/c1-20-11-12-21-10-6-5-9-18-16(19)15(13-17)14-7-3-2-4-8-14/h2-4,7-8,15H,5-6,9-13,17H2,1H3,(H,18,19). The van der Waals surface area contributed by atoms with Crippen LogP contribution >= 0.6 is 0 Å². The van der Waals surface area contributed by atoms with Crippen LogP contribution in [0.3, 0.4) is 0 Å². The third kappa shape index (κ3) is 7.22. The van der Waals surface area contributed by atoms with Crippen molar-refractivity contribution in [3.8, 4) is 0 Å². The van der Waals surface area contributed by atoms with Gasteiger partial charge in [0.05, 0.1) is 19.1 Å². The molecule has 1 aromatic carbocycles. The van der Waals surface area contributed by atoms with E-state index >= 15 is 0 Å². The lowest BCUT2D eigenvalue weighted by Gasteiger charge is -2.15. The van der Waals surface area contributed by atoms with Crippen LogP contribution in [0.5, 0.6) is 0 Å². The molecule has 1 unspecified atom stereocenters. The van der Waals surface area contributed by atoms with E-state index in [1.165, 1.54) is 0 Å². The Balaban J connectivity index is 2.17. The molecule has 0 aliphatic carbocycles. The fourth-order valence-corrected chi connectivity index (χ4v) is 1.99. The molecule has 1 rings (SSSR count). The van der Waals surface area contributed by atoms with Crippen molar-refractivity contribution >= 4 is 5.91 Å². The zero-order valence-corrected chi connectivity index (χ0v) is 12.7. The number of nitrogens with two attached hydrogens (primary N) is 1. The zero-order valence-electron chi connectivity index (χ0n) is 12.7. The van der Waals surface area contributed by atoms with Gasteiger partial charge in [-0.25, -0.2) is 0 Å². The van der Waals surface area contributed by atoms with E-state index < -0.39 is 0 Å². The van der Waals surface area contributed by atoms with E-state index in [2.05, 4.69) is 5.32 Å². The molecular formula is C16H26N2O3. The maximum atomic E-state index is 12.1. The summed E-state index contributed by atoms with van der Waals surface area (Å²) in [7, 11) is 1.65. The van der Waals surface area contributed by atoms with Crippen molar-refractivity contribution in [3.63, 3.8) is 0 Å². The lowest BCUT2D eigenvalue weighted by Crippen LogP contribution is -2.34. The maximum absolute atomic E-state index is 12.1. The molecule has 0 bridgehead atoms. The van der Waals surface area contributed by atoms with Crippen LogP contribution in [0.2, 0.25) is 0 Å². The first kappa shape index (κ1) is 17.6. The average Bonchev–Trinajstić information content (AvgIpc) is 2.52. The second-order valence-corrected chi connectivity index (χ2v) is 4.80. The van der Waals surface area contributed by atoms with E-state index in [4.69, 9.17) is 15.2 Å². The van der Waals surface area contributed by atoms with Crippen molar-refractivity contribution in [2.75, 3.05) is 40.0 Å². The number of hydrogen-bond donors (Lipinski definition) is 2. The van der Waals surface area contributed by atoms with Gasteiger partial charge < -0.3 is 20.5 Å². The van der Waals surface area contributed by atoms with E-state index in [-0.39, 0.29) is 11.8 Å². The summed E-state index contributed by atoms with van der Waals surface area (Å²) in [5.74, 6) is -0.284. The molecule has 0 aliphatic heterocycles. The molecule has 5 heteroatoms. The first-order chi connectivity index (χ1) is 10.3. The molecule has 0 aliphatic rings. The van der Waals surface area contributed by atoms with Crippen LogP contribution < -0.4 is 11.1 Å². The summed E-state index contributed by atoms with van der Waals surface area (Å²) in [6.07, 6.45) is 1.81. The Kier molecular flexibility index (Phi) is 9.44. The van der Waals surface area contributed by atoms with Gasteiger partial charge in [-0.1, -0.05) is 30.3 Å². The van der Waals surface area contributed by atoms with Crippen LogP contribution in [0.25, 0.3) is 0 Å². The lowest BCUT2D eigenvalue weighted by atomic mass is 9.98. The van der Waals surface area contributed by atoms with Gasteiger partial charge in [0.1, 0.15) is 0 Å². The molecule has 0 saturated carbocycles. The predicted molar refractivity (Wildman–Crippen MR) is 83.2 cm³/mol. The topological polar surface area (TPSA) is 73.6 Å². The number of rotatable bonds is 11. The quantitative estimate of drug-likeness (QED) is 0.603. The Morgan fingerprint density at radius 1 is 1.19 bits per heavy atom. The second-order valence-electron chi connectivity index (χ2n) is 4.80. The Labute approximate surface area is 126 Å². The minimum atomic E-state index is -0.274. The Morgan fingerprint density at radius 2 is 1.95 bits per heavy atom. The van der Waals surface area contributed by atoms with Crippen LogP contribution in [-0.4, -0.2) is 45.9 Å². The fraction of sp³-hybridized carbons (Fsp3) is 0.562. The molecule has 3 N–H and O–H groups in total. The fourth-order valence-electron chi connectivity index (χ4n) is 1.99. The first-order valence-corrected chi connectivity index (χ1v) is 7.39. The van der Waals surface area contributed by atoms with Crippen LogP contribution in [-0.2, 0) is 14.3 Å². The zero-order chi connectivity index (χ0) is 15.3. The van der Waals surface area contributed by atoms with Crippen molar-refractivity contribution in [1.29, 1.82) is 0 Å². The van der Waals surface area contributed by atoms with Crippen molar-refractivity contribution in [3.05, 3.63) is 35.9 Å². The third-order valence-corrected chi connectivity index (χ3v) is 3.20. The van der Waals surface area contributed by atoms with Crippen LogP contribution in [0.15, 0.2) is 30.3 Å². The van der Waals surface area contributed by atoms with Gasteiger partial charge >= 0.3 is 0 Å². The SMILES string of the molecule is COCCOCCCCNC(=O)C(CN)c1ccccc1. The molecule has 0 fully saturated rings. The van der Waals surface area contributed by atoms with Crippen molar-refractivity contribution in [2.45, 2.75) is 18.8 Å². The van der Waals surface area contributed by atoms with Gasteiger partial charge in [-0.2, -0.15) is 0 Å². The molecule has 1 amide bonds. The molecule has 21 heavy (non-hydrogen) atoms. The Hall–Kier alpha value is -1.43. The summed E-state index contributed by atoms with van der Waals surface area (Å²) in [5, 5.41) is 2.94. The highest BCUT2D eigenvalue weighted by molar-refractivity contribution is 5.83. The molecule has 5 nitrogen and oxygen atoms in total. The first-order valence-electron chi connectivity index (χ1n) is 7.39. The van der Waals surface area contributed by atoms with Crippen LogP contribution in [0, 0.1) is 0 Å². The molecule has 0 aromatic heterocycles. The summed E-state index contributed by atoms with van der Waals surface area (Å²) < 4.78 is 10.2. The number of methoxy groups -OCH3 is 1. The minimum Gasteiger partial charge on any atom is -0.382 e. The number of hydrogen-bond acceptors (Lipinski definition) is 4. The van der Waals surface area contributed by atoms with E-state index in [1.807, 2.05) is 30.3 Å². The van der Waals surface area contributed by atoms with Gasteiger partial charge in [0.15, 0.2) is 0 Å². The van der Waals surface area contributed by atoms with Gasteiger partial charge in [-0.3, -0.25) is 4.79 Å². The number of carbonyl (C=O) groups is 1. The molecule has 0 heterocycles. The van der Waals surface area contributed by atoms with Gasteiger partial charge in [-0.05, 0) is 18.4 Å². The molecule has 118 valence electrons. The molecule has 1 atom stereocenters. The number of carbonyl (C=O) groups excluding carboxylic acids is 1. The van der Waals surface area contributed by atoms with Gasteiger partial charge in [-0.15, -0.1) is 0 Å². The minimum absolute atomic E-state index is 0.0102. The highest BCUT2D eigenvalue weighted by Crippen LogP contribution is 2.13. The van der Waals surface area contributed by atoms with E-state index in [0.29, 0.717) is 32.9 Å². The van der Waals surface area contributed by atoms with Crippen molar-refractivity contribution < 1.29 is 14.3 Å². The van der Waals surface area contributed by atoms with Crippen LogP contribution in [0.4, 0.5) is 0 Å².